The summed E-state index contributed by atoms with van der Waals surface area (Å²) in [6.45, 7) is 1.43. The third kappa shape index (κ3) is 3.36. The van der Waals surface area contributed by atoms with Gasteiger partial charge < -0.3 is 16.2 Å². The van der Waals surface area contributed by atoms with Crippen LogP contribution in [0.5, 0.6) is 0 Å². The van der Waals surface area contributed by atoms with Crippen LogP contribution in [0.25, 0.3) is 0 Å². The molecule has 0 aromatic rings. The summed E-state index contributed by atoms with van der Waals surface area (Å²) in [6.07, 6.45) is 0. The fourth-order valence-electron chi connectivity index (χ4n) is 0.374. The van der Waals surface area contributed by atoms with E-state index >= 15 is 0 Å². The summed E-state index contributed by atoms with van der Waals surface area (Å²) < 4.78 is 0. The molecule has 0 unspecified atom stereocenters. The fraction of sp³-hybridized carbons (Fsp3) is 0.333. The van der Waals surface area contributed by atoms with Gasteiger partial charge in [-0.3, -0.25) is 4.79 Å². The number of rotatable bonds is 3. The van der Waals surface area contributed by atoms with Crippen molar-refractivity contribution >= 4 is 23.5 Å². The Hall–Kier alpha value is -1.07. The molecule has 0 saturated carbocycles. The zero-order valence-corrected chi connectivity index (χ0v) is 7.13. The first-order valence-corrected chi connectivity index (χ1v) is 3.52. The third-order valence-corrected chi connectivity index (χ3v) is 1.23. The topological polar surface area (TPSA) is 92.4 Å². The van der Waals surface area contributed by atoms with Crippen molar-refractivity contribution in [1.29, 1.82) is 0 Å². The van der Waals surface area contributed by atoms with Gasteiger partial charge in [0.15, 0.2) is 0 Å². The fourth-order valence-corrected chi connectivity index (χ4v) is 0.522. The van der Waals surface area contributed by atoms with Crippen LogP contribution >= 0.6 is 11.6 Å². The molecule has 0 fully saturated rings. The molecule has 6 heteroatoms. The average Bonchev–Trinajstić information content (AvgIpc) is 1.98. The van der Waals surface area contributed by atoms with E-state index in [1.54, 1.807) is 0 Å². The Morgan fingerprint density at radius 2 is 2.17 bits per heavy atom. The van der Waals surface area contributed by atoms with Crippen LogP contribution in [0.4, 0.5) is 0 Å². The summed E-state index contributed by atoms with van der Waals surface area (Å²) in [4.78, 5) is 21.1. The molecule has 0 saturated heterocycles. The zero-order chi connectivity index (χ0) is 9.72. The van der Waals surface area contributed by atoms with Gasteiger partial charge in [-0.2, -0.15) is 0 Å². The predicted molar refractivity (Wildman–Crippen MR) is 43.4 cm³/mol. The predicted octanol–water partition coefficient (Wildman–Crippen LogP) is -0.385. The van der Waals surface area contributed by atoms with Crippen molar-refractivity contribution in [1.82, 2.24) is 5.32 Å². The Bertz CT molecular complexity index is 225. The van der Waals surface area contributed by atoms with Gasteiger partial charge in [0.1, 0.15) is 5.70 Å². The number of halogens is 1. The molecule has 5 nitrogen and oxygen atoms in total. The van der Waals surface area contributed by atoms with Gasteiger partial charge in [-0.05, 0) is 6.92 Å². The van der Waals surface area contributed by atoms with Crippen molar-refractivity contribution < 1.29 is 14.7 Å². The number of carboxylic acid groups (broad SMARTS) is 1. The summed E-state index contributed by atoms with van der Waals surface area (Å²) in [5.74, 6) is -1.90. The first kappa shape index (κ1) is 10.9. The van der Waals surface area contributed by atoms with Crippen LogP contribution in [0.3, 0.4) is 0 Å². The van der Waals surface area contributed by atoms with Crippen molar-refractivity contribution in [2.24, 2.45) is 5.73 Å². The second-order valence-electron chi connectivity index (χ2n) is 2.11. The molecule has 0 aliphatic carbocycles. The monoisotopic (exact) mass is 192 g/mol. The highest BCUT2D eigenvalue weighted by molar-refractivity contribution is 6.27. The van der Waals surface area contributed by atoms with E-state index in [2.05, 4.69) is 0 Å². The third-order valence-electron chi connectivity index (χ3n) is 1.01. The lowest BCUT2D eigenvalue weighted by Crippen LogP contribution is -2.39. The molecule has 0 bridgehead atoms. The van der Waals surface area contributed by atoms with Gasteiger partial charge >= 0.3 is 5.97 Å². The number of nitrogens with two attached hydrogens (primary N) is 1. The normalized spacial score (nSPS) is 13.8. The molecule has 0 spiro atoms. The van der Waals surface area contributed by atoms with Gasteiger partial charge in [0, 0.05) is 5.54 Å². The van der Waals surface area contributed by atoms with E-state index in [-0.39, 0.29) is 5.70 Å². The van der Waals surface area contributed by atoms with Crippen LogP contribution in [0.2, 0.25) is 0 Å². The Morgan fingerprint density at radius 3 is 2.42 bits per heavy atom. The number of hydrogen-bond acceptors (Lipinski definition) is 3. The number of carbonyl (C=O) groups is 2. The second-order valence-corrected chi connectivity index (χ2v) is 2.32. The number of amides is 1. The molecule has 0 aromatic carbocycles. The van der Waals surface area contributed by atoms with Crippen molar-refractivity contribution in [3.05, 3.63) is 11.2 Å². The van der Waals surface area contributed by atoms with Crippen molar-refractivity contribution in [2.45, 2.75) is 13.0 Å². The Labute approximate surface area is 74.2 Å². The minimum absolute atomic E-state index is 0.390. The summed E-state index contributed by atoms with van der Waals surface area (Å²) in [7, 11) is 0. The summed E-state index contributed by atoms with van der Waals surface area (Å²) in [5, 5.41) is 10.4. The van der Waals surface area contributed by atoms with Crippen LogP contribution in [-0.2, 0) is 9.59 Å². The van der Waals surface area contributed by atoms with Crippen LogP contribution in [0, 0.1) is 0 Å². The van der Waals surface area contributed by atoms with Gasteiger partial charge in [0.25, 0.3) is 0 Å². The minimum Gasteiger partial charge on any atom is -0.477 e. The van der Waals surface area contributed by atoms with Gasteiger partial charge in [0.2, 0.25) is 5.91 Å². The zero-order valence-electron chi connectivity index (χ0n) is 6.37. The molecule has 68 valence electrons. The Kier molecular flexibility index (Phi) is 4.31. The number of carbonyl (C=O) groups excluding carboxylic acids is 1. The van der Waals surface area contributed by atoms with E-state index in [9.17, 15) is 9.59 Å². The van der Waals surface area contributed by atoms with Crippen molar-refractivity contribution in [2.75, 3.05) is 0 Å². The standard InChI is InChI=1S/C6H9ClN2O3/c1-3(8)5(10)9-4(2-7)6(11)12/h2-3H,8H2,1H3,(H,9,10)(H,11,12)/b4-2-/t3-/m0/s1. The van der Waals surface area contributed by atoms with E-state index in [0.717, 1.165) is 5.54 Å². The van der Waals surface area contributed by atoms with Crippen molar-refractivity contribution in [3.63, 3.8) is 0 Å². The molecule has 0 rings (SSSR count). The summed E-state index contributed by atoms with van der Waals surface area (Å²) in [5.41, 5.74) is 5.54. The maximum atomic E-state index is 10.8. The van der Waals surface area contributed by atoms with E-state index in [1.165, 1.54) is 6.92 Å². The van der Waals surface area contributed by atoms with Gasteiger partial charge in [0.05, 0.1) is 6.04 Å². The Balaban J connectivity index is 4.24. The molecule has 0 radical (unpaired) electrons. The van der Waals surface area contributed by atoms with Gasteiger partial charge in [-0.25, -0.2) is 4.79 Å². The molecular weight excluding hydrogens is 184 g/mol. The SMILES string of the molecule is C[C@H](N)C(=O)N/C(=C\Cl)C(=O)O. The molecule has 0 aromatic heterocycles. The first-order valence-electron chi connectivity index (χ1n) is 3.09. The summed E-state index contributed by atoms with van der Waals surface area (Å²) in [6, 6.07) is -0.768. The van der Waals surface area contributed by atoms with Crippen LogP contribution < -0.4 is 11.1 Å². The maximum absolute atomic E-state index is 10.8. The highest BCUT2D eigenvalue weighted by Crippen LogP contribution is 1.92. The van der Waals surface area contributed by atoms with Crippen LogP contribution in [-0.4, -0.2) is 23.0 Å². The molecule has 1 amide bonds. The lowest BCUT2D eigenvalue weighted by atomic mass is 10.3. The molecule has 4 N–H and O–H groups in total. The maximum Gasteiger partial charge on any atom is 0.353 e. The summed E-state index contributed by atoms with van der Waals surface area (Å²) >= 11 is 5.11. The number of nitrogens with one attached hydrogen (secondary N) is 1. The van der Waals surface area contributed by atoms with E-state index in [1.807, 2.05) is 5.32 Å². The number of aliphatic carboxylic acids is 1. The van der Waals surface area contributed by atoms with E-state index in [4.69, 9.17) is 22.4 Å². The van der Waals surface area contributed by atoms with Gasteiger partial charge in [-0.1, -0.05) is 11.6 Å². The number of carboxylic acids is 1. The average molecular weight is 193 g/mol. The lowest BCUT2D eigenvalue weighted by Gasteiger charge is -2.06. The van der Waals surface area contributed by atoms with Crippen LogP contribution in [0.1, 0.15) is 6.92 Å². The first-order chi connectivity index (χ1) is 5.49. The Morgan fingerprint density at radius 1 is 1.67 bits per heavy atom. The molecule has 0 heterocycles. The molecule has 1 atom stereocenters. The molecule has 0 aliphatic rings. The van der Waals surface area contributed by atoms with Crippen LogP contribution in [0.15, 0.2) is 11.2 Å². The smallest absolute Gasteiger partial charge is 0.353 e. The molecule has 0 aliphatic heterocycles. The second kappa shape index (κ2) is 4.74. The lowest BCUT2D eigenvalue weighted by molar-refractivity contribution is -0.134. The molecule has 12 heavy (non-hydrogen) atoms. The largest absolute Gasteiger partial charge is 0.477 e. The van der Waals surface area contributed by atoms with Gasteiger partial charge in [-0.15, -0.1) is 0 Å². The van der Waals surface area contributed by atoms with E-state index in [0.29, 0.717) is 0 Å². The number of hydrogen-bond donors (Lipinski definition) is 3. The quantitative estimate of drug-likeness (QED) is 0.532. The van der Waals surface area contributed by atoms with Crippen molar-refractivity contribution in [3.8, 4) is 0 Å². The van der Waals surface area contributed by atoms with E-state index < -0.39 is 17.9 Å². The highest BCUT2D eigenvalue weighted by atomic mass is 35.5. The highest BCUT2D eigenvalue weighted by Gasteiger charge is 2.13. The molecular formula is C6H9ClN2O3. The minimum atomic E-state index is -1.31.